The number of carbonyl (C=O) groups is 1. The van der Waals surface area contributed by atoms with E-state index in [1.165, 1.54) is 0 Å². The zero-order valence-corrected chi connectivity index (χ0v) is 18.6. The predicted molar refractivity (Wildman–Crippen MR) is 127 cm³/mol. The number of carbonyl (C=O) groups excluding carboxylic acids is 1. The van der Waals surface area contributed by atoms with Gasteiger partial charge >= 0.3 is 0 Å². The molecule has 0 radical (unpaired) electrons. The fourth-order valence-electron chi connectivity index (χ4n) is 4.78. The first-order chi connectivity index (χ1) is 16.0. The minimum absolute atomic E-state index is 0.0875. The third-order valence-electron chi connectivity index (χ3n) is 6.50. The van der Waals surface area contributed by atoms with Crippen LogP contribution in [0.3, 0.4) is 0 Å². The number of nitrogens with one attached hydrogen (secondary N) is 1. The van der Waals surface area contributed by atoms with Crippen molar-refractivity contribution in [1.29, 1.82) is 0 Å². The summed E-state index contributed by atoms with van der Waals surface area (Å²) >= 11 is 0. The number of benzene rings is 3. The first-order valence-electron chi connectivity index (χ1n) is 11.5. The summed E-state index contributed by atoms with van der Waals surface area (Å²) in [7, 11) is 0. The van der Waals surface area contributed by atoms with Gasteiger partial charge in [0, 0.05) is 12.3 Å². The molecule has 4 rings (SSSR count). The third kappa shape index (κ3) is 5.69. The Morgan fingerprint density at radius 2 is 1.58 bits per heavy atom. The second kappa shape index (κ2) is 10.8. The Bertz CT molecular complexity index is 1070. The summed E-state index contributed by atoms with van der Waals surface area (Å²) in [5.74, 6) is -0.627. The highest BCUT2D eigenvalue weighted by molar-refractivity contribution is 5.79. The van der Waals surface area contributed by atoms with Crippen molar-refractivity contribution in [2.24, 2.45) is 5.92 Å². The van der Waals surface area contributed by atoms with Crippen LogP contribution in [0.15, 0.2) is 78.9 Å². The molecule has 3 aromatic rings. The van der Waals surface area contributed by atoms with Gasteiger partial charge in [0.1, 0.15) is 0 Å². The van der Waals surface area contributed by atoms with Gasteiger partial charge in [0.2, 0.25) is 5.91 Å². The van der Waals surface area contributed by atoms with Crippen LogP contribution in [0.5, 0.6) is 0 Å². The predicted octanol–water partition coefficient (Wildman–Crippen LogP) is 3.11. The number of hydrogen-bond acceptors (Lipinski definition) is 4. The molecule has 5 nitrogen and oxygen atoms in total. The minimum Gasteiger partial charge on any atom is -0.393 e. The summed E-state index contributed by atoms with van der Waals surface area (Å²) in [5.41, 5.74) is 4.69. The SMILES string of the molecule is O=C(N[C@H]1c2ccccc2C[C@H]1O)[C@H](Cc1ccccc1)C[C@H](O)Cc1ccccc1CO. The molecule has 0 aliphatic heterocycles. The molecule has 4 N–H and O–H groups in total. The zero-order valence-electron chi connectivity index (χ0n) is 18.6. The summed E-state index contributed by atoms with van der Waals surface area (Å²) in [5, 5.41) is 34.1. The molecule has 33 heavy (non-hydrogen) atoms. The summed E-state index contributed by atoms with van der Waals surface area (Å²) in [6.45, 7) is -0.0875. The van der Waals surface area contributed by atoms with E-state index >= 15 is 0 Å². The molecular weight excluding hydrogens is 414 g/mol. The smallest absolute Gasteiger partial charge is 0.224 e. The Balaban J connectivity index is 1.50. The Morgan fingerprint density at radius 1 is 0.909 bits per heavy atom. The summed E-state index contributed by atoms with van der Waals surface area (Å²) in [6, 6.07) is 24.6. The van der Waals surface area contributed by atoms with Crippen molar-refractivity contribution in [2.75, 3.05) is 0 Å². The number of fused-ring (bicyclic) bond motifs is 1. The lowest BCUT2D eigenvalue weighted by Gasteiger charge is -2.25. The number of amides is 1. The molecule has 1 aliphatic carbocycles. The lowest BCUT2D eigenvalue weighted by Crippen LogP contribution is -2.39. The van der Waals surface area contributed by atoms with Gasteiger partial charge in [0.25, 0.3) is 0 Å². The molecule has 0 spiro atoms. The average molecular weight is 446 g/mol. The first-order valence-corrected chi connectivity index (χ1v) is 11.5. The maximum Gasteiger partial charge on any atom is 0.224 e. The molecule has 0 heterocycles. The third-order valence-corrected chi connectivity index (χ3v) is 6.50. The molecule has 0 saturated carbocycles. The lowest BCUT2D eigenvalue weighted by molar-refractivity contribution is -0.127. The van der Waals surface area contributed by atoms with Crippen molar-refractivity contribution in [2.45, 2.75) is 50.5 Å². The fourth-order valence-corrected chi connectivity index (χ4v) is 4.78. The number of hydrogen-bond donors (Lipinski definition) is 4. The highest BCUT2D eigenvalue weighted by atomic mass is 16.3. The average Bonchev–Trinajstić information content (AvgIpc) is 3.14. The molecular formula is C28H31NO4. The zero-order chi connectivity index (χ0) is 23.2. The highest BCUT2D eigenvalue weighted by Gasteiger charge is 2.34. The van der Waals surface area contributed by atoms with Gasteiger partial charge in [-0.15, -0.1) is 0 Å². The largest absolute Gasteiger partial charge is 0.393 e. The van der Waals surface area contributed by atoms with Crippen molar-refractivity contribution >= 4 is 5.91 Å². The molecule has 1 amide bonds. The maximum atomic E-state index is 13.4. The van der Waals surface area contributed by atoms with Crippen LogP contribution >= 0.6 is 0 Å². The molecule has 0 unspecified atom stereocenters. The Kier molecular flexibility index (Phi) is 7.55. The number of aliphatic hydroxyl groups excluding tert-OH is 3. The number of aliphatic hydroxyl groups is 3. The lowest BCUT2D eigenvalue weighted by atomic mass is 9.89. The summed E-state index contributed by atoms with van der Waals surface area (Å²) in [6.07, 6.45) is 0.263. The van der Waals surface area contributed by atoms with Crippen LogP contribution in [-0.2, 0) is 30.7 Å². The van der Waals surface area contributed by atoms with Crippen LogP contribution in [0.1, 0.15) is 40.3 Å². The van der Waals surface area contributed by atoms with Crippen molar-refractivity contribution in [3.05, 3.63) is 107 Å². The van der Waals surface area contributed by atoms with Crippen molar-refractivity contribution in [3.8, 4) is 0 Å². The van der Waals surface area contributed by atoms with Gasteiger partial charge < -0.3 is 20.6 Å². The minimum atomic E-state index is -0.738. The van der Waals surface area contributed by atoms with E-state index in [2.05, 4.69) is 5.32 Å². The molecule has 4 atom stereocenters. The molecule has 0 aromatic heterocycles. The van der Waals surface area contributed by atoms with Gasteiger partial charge in [-0.05, 0) is 47.1 Å². The van der Waals surface area contributed by atoms with Gasteiger partial charge in [0.15, 0.2) is 0 Å². The van der Waals surface area contributed by atoms with Crippen molar-refractivity contribution in [3.63, 3.8) is 0 Å². The monoisotopic (exact) mass is 445 g/mol. The molecule has 0 saturated heterocycles. The van der Waals surface area contributed by atoms with Gasteiger partial charge in [-0.2, -0.15) is 0 Å². The van der Waals surface area contributed by atoms with Crippen molar-refractivity contribution < 1.29 is 20.1 Å². The summed E-state index contributed by atoms with van der Waals surface area (Å²) < 4.78 is 0. The molecule has 1 aliphatic rings. The van der Waals surface area contributed by atoms with E-state index in [9.17, 15) is 20.1 Å². The van der Waals surface area contributed by atoms with Crippen LogP contribution in [0.2, 0.25) is 0 Å². The standard InChI is InChI=1S/C28H31NO4/c30-18-22-12-5-4-10-20(22)15-24(31)16-23(14-19-8-2-1-3-9-19)28(33)29-27-25-13-7-6-11-21(25)17-26(27)32/h1-13,23-24,26-27,30-32H,14-18H2,(H,29,33)/t23-,24-,26-,27+/m1/s1. The summed E-state index contributed by atoms with van der Waals surface area (Å²) in [4.78, 5) is 13.4. The molecule has 172 valence electrons. The Labute approximate surface area is 194 Å². The van der Waals surface area contributed by atoms with Gasteiger partial charge in [0.05, 0.1) is 24.9 Å². The van der Waals surface area contributed by atoms with E-state index in [4.69, 9.17) is 0 Å². The molecule has 0 fully saturated rings. The van der Waals surface area contributed by atoms with E-state index in [1.54, 1.807) is 0 Å². The Morgan fingerprint density at radius 3 is 2.33 bits per heavy atom. The van der Waals surface area contributed by atoms with E-state index in [1.807, 2.05) is 78.9 Å². The molecule has 3 aromatic carbocycles. The topological polar surface area (TPSA) is 89.8 Å². The number of rotatable bonds is 9. The normalized spacial score (nSPS) is 19.0. The van der Waals surface area contributed by atoms with Crippen LogP contribution in [-0.4, -0.2) is 33.4 Å². The van der Waals surface area contributed by atoms with Gasteiger partial charge in [-0.1, -0.05) is 78.9 Å². The van der Waals surface area contributed by atoms with Crippen molar-refractivity contribution in [1.82, 2.24) is 5.32 Å². The molecule has 5 heteroatoms. The van der Waals surface area contributed by atoms with E-state index in [0.29, 0.717) is 19.3 Å². The second-order valence-electron chi connectivity index (χ2n) is 8.86. The first kappa shape index (κ1) is 23.2. The fraction of sp³-hybridized carbons (Fsp3) is 0.321. The van der Waals surface area contributed by atoms with Gasteiger partial charge in [-0.3, -0.25) is 4.79 Å². The molecule has 0 bridgehead atoms. The van der Waals surface area contributed by atoms with E-state index in [-0.39, 0.29) is 18.9 Å². The second-order valence-corrected chi connectivity index (χ2v) is 8.86. The van der Waals surface area contributed by atoms with E-state index in [0.717, 1.165) is 27.8 Å². The quantitative estimate of drug-likeness (QED) is 0.407. The van der Waals surface area contributed by atoms with Crippen LogP contribution in [0.25, 0.3) is 0 Å². The van der Waals surface area contributed by atoms with Crippen LogP contribution in [0.4, 0.5) is 0 Å². The van der Waals surface area contributed by atoms with E-state index < -0.39 is 24.2 Å². The van der Waals surface area contributed by atoms with Crippen LogP contribution < -0.4 is 5.32 Å². The highest BCUT2D eigenvalue weighted by Crippen LogP contribution is 2.32. The maximum absolute atomic E-state index is 13.4. The Hall–Kier alpha value is -2.99. The van der Waals surface area contributed by atoms with Crippen LogP contribution in [0, 0.1) is 5.92 Å². The van der Waals surface area contributed by atoms with Gasteiger partial charge in [-0.25, -0.2) is 0 Å².